The monoisotopic (exact) mass is 462 g/mol. The summed E-state index contributed by atoms with van der Waals surface area (Å²) in [4.78, 5) is 17.3. The Morgan fingerprint density at radius 3 is 2.37 bits per heavy atom. The molecule has 0 amide bonds. The fourth-order valence-electron chi connectivity index (χ4n) is 2.98. The molecule has 0 fully saturated rings. The van der Waals surface area contributed by atoms with Crippen LogP contribution in [0.4, 0.5) is 5.69 Å². The van der Waals surface area contributed by atoms with Crippen LogP contribution in [0.1, 0.15) is 29.8 Å². The number of hydrogen-bond acceptors (Lipinski definition) is 4. The predicted molar refractivity (Wildman–Crippen MR) is 120 cm³/mol. The lowest BCUT2D eigenvalue weighted by Gasteiger charge is -2.28. The van der Waals surface area contributed by atoms with E-state index in [1.165, 1.54) is 40.8 Å². The third-order valence-electron chi connectivity index (χ3n) is 4.32. The van der Waals surface area contributed by atoms with E-state index in [2.05, 4.69) is 4.98 Å². The van der Waals surface area contributed by atoms with Gasteiger partial charge in [0.15, 0.2) is 5.78 Å². The molecule has 1 aromatic heterocycles. The summed E-state index contributed by atoms with van der Waals surface area (Å²) in [7, 11) is -3.91. The second-order valence-electron chi connectivity index (χ2n) is 7.10. The van der Waals surface area contributed by atoms with Crippen molar-refractivity contribution in [1.29, 1.82) is 0 Å². The predicted octanol–water partition coefficient (Wildman–Crippen LogP) is 5.47. The van der Waals surface area contributed by atoms with Crippen molar-refractivity contribution in [2.24, 2.45) is 5.92 Å². The minimum absolute atomic E-state index is 0.0116. The number of ketones is 1. The van der Waals surface area contributed by atoms with E-state index in [0.29, 0.717) is 10.6 Å². The summed E-state index contributed by atoms with van der Waals surface area (Å²) in [5.74, 6) is -0.383. The normalized spacial score (nSPS) is 11.5. The summed E-state index contributed by atoms with van der Waals surface area (Å²) in [6, 6.07) is 15.7. The Kier molecular flexibility index (Phi) is 6.81. The van der Waals surface area contributed by atoms with Crippen molar-refractivity contribution in [3.8, 4) is 0 Å². The van der Waals surface area contributed by atoms with Gasteiger partial charge in [0.05, 0.1) is 10.6 Å². The van der Waals surface area contributed by atoms with E-state index in [0.717, 1.165) is 0 Å². The molecule has 0 aliphatic rings. The van der Waals surface area contributed by atoms with Crippen LogP contribution in [-0.4, -0.2) is 25.7 Å². The molecule has 0 bridgehead atoms. The van der Waals surface area contributed by atoms with Gasteiger partial charge in [-0.3, -0.25) is 9.10 Å². The molecule has 0 unspecified atom stereocenters. The highest BCUT2D eigenvalue weighted by Crippen LogP contribution is 2.32. The van der Waals surface area contributed by atoms with Crippen molar-refractivity contribution in [3.05, 3.63) is 88.2 Å². The molecule has 0 aliphatic heterocycles. The molecular weight excluding hydrogens is 443 g/mol. The second kappa shape index (κ2) is 9.16. The van der Waals surface area contributed by atoms with Gasteiger partial charge in [-0.2, -0.15) is 0 Å². The van der Waals surface area contributed by atoms with E-state index in [1.54, 1.807) is 30.3 Å². The number of hydrogen-bond donors (Lipinski definition) is 0. The number of nitrogens with zero attached hydrogens (tertiary/aromatic N) is 2. The molecule has 0 radical (unpaired) electrons. The van der Waals surface area contributed by atoms with Crippen molar-refractivity contribution in [1.82, 2.24) is 4.98 Å². The van der Waals surface area contributed by atoms with Crippen LogP contribution in [0.2, 0.25) is 10.2 Å². The standard InChI is InChI=1S/C22H20Cl2N2O3S/c1-15(2)14-26(30(28,29)18-6-4-3-5-7-18)20-9-8-17(23)13-19(20)22(27)16-10-11-25-21(24)12-16/h3-13,15H,14H2,1-2H3. The van der Waals surface area contributed by atoms with Crippen LogP contribution in [0.25, 0.3) is 0 Å². The average Bonchev–Trinajstić information content (AvgIpc) is 2.72. The summed E-state index contributed by atoms with van der Waals surface area (Å²) < 4.78 is 28.2. The third-order valence-corrected chi connectivity index (χ3v) is 6.56. The maximum Gasteiger partial charge on any atom is 0.264 e. The van der Waals surface area contributed by atoms with Crippen molar-refractivity contribution in [3.63, 3.8) is 0 Å². The molecule has 8 heteroatoms. The molecule has 0 saturated carbocycles. The number of rotatable bonds is 7. The first-order valence-corrected chi connectivity index (χ1v) is 11.4. The van der Waals surface area contributed by atoms with E-state index < -0.39 is 15.8 Å². The summed E-state index contributed by atoms with van der Waals surface area (Å²) in [6.45, 7) is 4.01. The van der Waals surface area contributed by atoms with Gasteiger partial charge in [0.25, 0.3) is 10.0 Å². The molecular formula is C22H20Cl2N2O3S. The van der Waals surface area contributed by atoms with Gasteiger partial charge >= 0.3 is 0 Å². The van der Waals surface area contributed by atoms with E-state index >= 15 is 0 Å². The van der Waals surface area contributed by atoms with Crippen LogP contribution in [0.5, 0.6) is 0 Å². The number of aromatic nitrogens is 1. The fourth-order valence-corrected chi connectivity index (χ4v) is 5.00. The van der Waals surface area contributed by atoms with Gasteiger partial charge in [0.1, 0.15) is 5.15 Å². The lowest BCUT2D eigenvalue weighted by atomic mass is 10.0. The number of halogens is 2. The maximum absolute atomic E-state index is 13.5. The second-order valence-corrected chi connectivity index (χ2v) is 9.79. The van der Waals surface area contributed by atoms with Crippen molar-refractivity contribution >= 4 is 44.7 Å². The highest BCUT2D eigenvalue weighted by atomic mass is 35.5. The zero-order valence-corrected chi connectivity index (χ0v) is 18.7. The lowest BCUT2D eigenvalue weighted by molar-refractivity contribution is 0.103. The minimum atomic E-state index is -3.91. The molecule has 0 saturated heterocycles. The number of pyridine rings is 1. The molecule has 0 spiro atoms. The number of sulfonamides is 1. The largest absolute Gasteiger partial charge is 0.289 e. The van der Waals surface area contributed by atoms with Gasteiger partial charge in [-0.05, 0) is 48.4 Å². The number of benzene rings is 2. The highest BCUT2D eigenvalue weighted by molar-refractivity contribution is 7.92. The van der Waals surface area contributed by atoms with E-state index in [-0.39, 0.29) is 33.8 Å². The fraction of sp³-hybridized carbons (Fsp3) is 0.182. The van der Waals surface area contributed by atoms with Crippen LogP contribution in [0.15, 0.2) is 71.8 Å². The van der Waals surface area contributed by atoms with Crippen LogP contribution in [0.3, 0.4) is 0 Å². The smallest absolute Gasteiger partial charge is 0.264 e. The van der Waals surface area contributed by atoms with E-state index in [4.69, 9.17) is 23.2 Å². The van der Waals surface area contributed by atoms with Gasteiger partial charge in [0, 0.05) is 28.9 Å². The van der Waals surface area contributed by atoms with Gasteiger partial charge in [-0.1, -0.05) is 55.2 Å². The molecule has 0 atom stereocenters. The molecule has 2 aromatic carbocycles. The summed E-state index contributed by atoms with van der Waals surface area (Å²) in [6.07, 6.45) is 1.42. The highest BCUT2D eigenvalue weighted by Gasteiger charge is 2.29. The molecule has 1 heterocycles. The lowest BCUT2D eigenvalue weighted by Crippen LogP contribution is -2.35. The first-order valence-electron chi connectivity index (χ1n) is 9.23. The van der Waals surface area contributed by atoms with Crippen molar-refractivity contribution in [2.75, 3.05) is 10.8 Å². The molecule has 3 aromatic rings. The number of carbonyl (C=O) groups is 1. The Bertz CT molecular complexity index is 1170. The molecule has 5 nitrogen and oxygen atoms in total. The zero-order chi connectivity index (χ0) is 21.9. The molecule has 0 N–H and O–H groups in total. The van der Waals surface area contributed by atoms with E-state index in [9.17, 15) is 13.2 Å². The molecule has 3 rings (SSSR count). The quantitative estimate of drug-likeness (QED) is 0.344. The first-order chi connectivity index (χ1) is 14.2. The van der Waals surface area contributed by atoms with Crippen molar-refractivity contribution in [2.45, 2.75) is 18.7 Å². The maximum atomic E-state index is 13.5. The van der Waals surface area contributed by atoms with Crippen LogP contribution >= 0.6 is 23.2 Å². The molecule has 30 heavy (non-hydrogen) atoms. The van der Waals surface area contributed by atoms with Gasteiger partial charge in [0.2, 0.25) is 0 Å². The molecule has 0 aliphatic carbocycles. The summed E-state index contributed by atoms with van der Waals surface area (Å²) >= 11 is 12.1. The SMILES string of the molecule is CC(C)CN(c1ccc(Cl)cc1C(=O)c1ccnc(Cl)c1)S(=O)(=O)c1ccccc1. The number of anilines is 1. The summed E-state index contributed by atoms with van der Waals surface area (Å²) in [5, 5.41) is 0.490. The Morgan fingerprint density at radius 2 is 1.73 bits per heavy atom. The first kappa shape index (κ1) is 22.3. The molecule has 156 valence electrons. The Morgan fingerprint density at radius 1 is 1.03 bits per heavy atom. The van der Waals surface area contributed by atoms with Crippen LogP contribution in [-0.2, 0) is 10.0 Å². The van der Waals surface area contributed by atoms with E-state index in [1.807, 2.05) is 13.8 Å². The average molecular weight is 463 g/mol. The van der Waals surface area contributed by atoms with Crippen LogP contribution < -0.4 is 4.31 Å². The third kappa shape index (κ3) is 4.83. The Labute approximate surface area is 186 Å². The minimum Gasteiger partial charge on any atom is -0.289 e. The van der Waals surface area contributed by atoms with Gasteiger partial charge in [-0.15, -0.1) is 0 Å². The summed E-state index contributed by atoms with van der Waals surface area (Å²) in [5.41, 5.74) is 0.722. The van der Waals surface area contributed by atoms with Gasteiger partial charge < -0.3 is 0 Å². The topological polar surface area (TPSA) is 67.3 Å². The Balaban J connectivity index is 2.19. The number of carbonyl (C=O) groups excluding carboxylic acids is 1. The van der Waals surface area contributed by atoms with Crippen molar-refractivity contribution < 1.29 is 13.2 Å². The zero-order valence-electron chi connectivity index (χ0n) is 16.4. The van der Waals surface area contributed by atoms with Gasteiger partial charge in [-0.25, -0.2) is 13.4 Å². The Hall–Kier alpha value is -2.41. The van der Waals surface area contributed by atoms with Crippen LogP contribution in [0, 0.1) is 5.92 Å².